The molecule has 1 spiro atoms. The highest BCUT2D eigenvalue weighted by molar-refractivity contribution is 7.18. The first-order chi connectivity index (χ1) is 17.2. The van der Waals surface area contributed by atoms with Crippen LogP contribution >= 0.6 is 11.3 Å². The molecule has 182 valence electrons. The molecule has 0 saturated carbocycles. The van der Waals surface area contributed by atoms with Crippen molar-refractivity contribution in [3.05, 3.63) is 41.4 Å². The van der Waals surface area contributed by atoms with Gasteiger partial charge in [0.05, 0.1) is 29.5 Å². The van der Waals surface area contributed by atoms with Crippen molar-refractivity contribution in [2.45, 2.75) is 32.4 Å². The zero-order chi connectivity index (χ0) is 23.4. The molecule has 0 amide bonds. The summed E-state index contributed by atoms with van der Waals surface area (Å²) < 4.78 is 6.95. The Labute approximate surface area is 209 Å². The van der Waals surface area contributed by atoms with E-state index in [-0.39, 0.29) is 6.04 Å². The maximum atomic E-state index is 5.75. The van der Waals surface area contributed by atoms with E-state index >= 15 is 0 Å². The number of ether oxygens (including phenoxy) is 1. The van der Waals surface area contributed by atoms with Crippen LogP contribution in [0.3, 0.4) is 0 Å². The van der Waals surface area contributed by atoms with E-state index in [0.717, 1.165) is 61.1 Å². The number of likely N-dealkylation sites (tertiary alicyclic amines) is 1. The van der Waals surface area contributed by atoms with Crippen LogP contribution in [0.2, 0.25) is 0 Å². The van der Waals surface area contributed by atoms with Crippen LogP contribution in [0.4, 0.5) is 5.82 Å². The topological polar surface area (TPSA) is 69.3 Å². The van der Waals surface area contributed by atoms with Gasteiger partial charge in [0.25, 0.3) is 0 Å². The second-order valence-electron chi connectivity index (χ2n) is 10.6. The molecule has 3 aliphatic heterocycles. The Morgan fingerprint density at radius 2 is 2.17 bits per heavy atom. The zero-order valence-electron chi connectivity index (χ0n) is 20.2. The summed E-state index contributed by atoms with van der Waals surface area (Å²) in [7, 11) is 0. The number of morpholine rings is 1. The number of thiophene rings is 1. The lowest BCUT2D eigenvalue weighted by Gasteiger charge is -2.34. The van der Waals surface area contributed by atoms with Crippen molar-refractivity contribution in [3.63, 3.8) is 0 Å². The summed E-state index contributed by atoms with van der Waals surface area (Å²) >= 11 is 1.80. The minimum Gasteiger partial charge on any atom is -0.377 e. The van der Waals surface area contributed by atoms with Crippen LogP contribution in [0.25, 0.3) is 32.5 Å². The molecule has 7 nitrogen and oxygen atoms in total. The first-order valence-corrected chi connectivity index (χ1v) is 13.7. The van der Waals surface area contributed by atoms with Crippen molar-refractivity contribution in [1.82, 2.24) is 25.2 Å². The van der Waals surface area contributed by atoms with Crippen molar-refractivity contribution in [3.8, 4) is 11.4 Å². The number of anilines is 1. The standard InChI is InChI=1S/C27H32N6OS/c1-18-14-34-12-11-33(18)26-24-23(30-25(31-26)21-3-2-4-22-20(21)5-8-29-22)19(15-35-24)13-32-10-7-27(17-32)6-9-28-16-27/h2-5,8,15,18,28-29H,6-7,9-14,16-17H2,1H3/t18-,27?/m1/s1. The van der Waals surface area contributed by atoms with Crippen LogP contribution in [-0.2, 0) is 11.3 Å². The number of H-pyrrole nitrogens is 1. The number of nitrogens with zero attached hydrogens (tertiary/aromatic N) is 4. The number of fused-ring (bicyclic) bond motifs is 2. The van der Waals surface area contributed by atoms with Crippen LogP contribution in [0.5, 0.6) is 0 Å². The van der Waals surface area contributed by atoms with Gasteiger partial charge in [0.1, 0.15) is 0 Å². The lowest BCUT2D eigenvalue weighted by atomic mass is 9.87. The molecular weight excluding hydrogens is 456 g/mol. The Kier molecular flexibility index (Phi) is 5.31. The fourth-order valence-electron chi connectivity index (χ4n) is 6.25. The van der Waals surface area contributed by atoms with Gasteiger partial charge in [-0.15, -0.1) is 11.3 Å². The fourth-order valence-corrected chi connectivity index (χ4v) is 7.25. The van der Waals surface area contributed by atoms with Gasteiger partial charge in [0, 0.05) is 54.4 Å². The third-order valence-electron chi connectivity index (χ3n) is 8.19. The molecular formula is C27H32N6OS. The van der Waals surface area contributed by atoms with Gasteiger partial charge >= 0.3 is 0 Å². The molecule has 2 N–H and O–H groups in total. The molecule has 2 atom stereocenters. The fraction of sp³-hybridized carbons (Fsp3) is 0.481. The maximum Gasteiger partial charge on any atom is 0.162 e. The predicted octanol–water partition coefficient (Wildman–Crippen LogP) is 4.25. The van der Waals surface area contributed by atoms with E-state index in [9.17, 15) is 0 Å². The normalized spacial score (nSPS) is 25.5. The third-order valence-corrected chi connectivity index (χ3v) is 9.20. The van der Waals surface area contributed by atoms with Crippen molar-refractivity contribution in [2.24, 2.45) is 5.41 Å². The Hall–Kier alpha value is -2.52. The monoisotopic (exact) mass is 488 g/mol. The zero-order valence-corrected chi connectivity index (χ0v) is 21.0. The van der Waals surface area contributed by atoms with Gasteiger partial charge in [-0.25, -0.2) is 9.97 Å². The van der Waals surface area contributed by atoms with Crippen molar-refractivity contribution >= 4 is 38.3 Å². The van der Waals surface area contributed by atoms with E-state index in [2.05, 4.69) is 56.7 Å². The van der Waals surface area contributed by atoms with Crippen LogP contribution in [0, 0.1) is 5.41 Å². The summed E-state index contributed by atoms with van der Waals surface area (Å²) in [5, 5.41) is 7.08. The van der Waals surface area contributed by atoms with E-state index in [1.165, 1.54) is 48.1 Å². The molecule has 1 unspecified atom stereocenters. The summed E-state index contributed by atoms with van der Waals surface area (Å²) in [4.78, 5) is 18.8. The van der Waals surface area contributed by atoms with Crippen LogP contribution in [0.1, 0.15) is 25.3 Å². The molecule has 3 aliphatic rings. The Morgan fingerprint density at radius 3 is 3.06 bits per heavy atom. The van der Waals surface area contributed by atoms with Crippen molar-refractivity contribution in [1.29, 1.82) is 0 Å². The van der Waals surface area contributed by atoms with E-state index in [0.29, 0.717) is 5.41 Å². The van der Waals surface area contributed by atoms with Gasteiger partial charge in [-0.3, -0.25) is 4.90 Å². The van der Waals surface area contributed by atoms with E-state index in [4.69, 9.17) is 14.7 Å². The number of rotatable bonds is 4. The Balaban J connectivity index is 1.33. The number of hydrogen-bond donors (Lipinski definition) is 2. The molecule has 3 fully saturated rings. The van der Waals surface area contributed by atoms with Gasteiger partial charge < -0.3 is 19.9 Å². The lowest BCUT2D eigenvalue weighted by molar-refractivity contribution is 0.0987. The van der Waals surface area contributed by atoms with Crippen LogP contribution in [0.15, 0.2) is 35.8 Å². The number of nitrogens with one attached hydrogen (secondary N) is 2. The molecule has 35 heavy (non-hydrogen) atoms. The van der Waals surface area contributed by atoms with E-state index < -0.39 is 0 Å². The van der Waals surface area contributed by atoms with Gasteiger partial charge in [-0.1, -0.05) is 12.1 Å². The smallest absolute Gasteiger partial charge is 0.162 e. The molecule has 8 heteroatoms. The average Bonchev–Trinajstić information content (AvgIpc) is 3.68. The molecule has 6 heterocycles. The van der Waals surface area contributed by atoms with Crippen molar-refractivity contribution in [2.75, 3.05) is 50.8 Å². The molecule has 3 saturated heterocycles. The first kappa shape index (κ1) is 21.7. The Morgan fingerprint density at radius 1 is 1.20 bits per heavy atom. The second kappa shape index (κ2) is 8.55. The van der Waals surface area contributed by atoms with Crippen LogP contribution < -0.4 is 10.2 Å². The molecule has 4 aromatic rings. The Bertz CT molecular complexity index is 1370. The summed E-state index contributed by atoms with van der Waals surface area (Å²) in [5.74, 6) is 1.87. The summed E-state index contributed by atoms with van der Waals surface area (Å²) in [6, 6.07) is 8.76. The molecule has 1 aromatic carbocycles. The van der Waals surface area contributed by atoms with E-state index in [1.54, 1.807) is 11.3 Å². The molecule has 0 aliphatic carbocycles. The van der Waals surface area contributed by atoms with E-state index in [1.807, 2.05) is 6.20 Å². The number of aromatic nitrogens is 3. The number of hydrogen-bond acceptors (Lipinski definition) is 7. The minimum atomic E-state index is 0.289. The molecule has 0 radical (unpaired) electrons. The number of benzene rings is 1. The van der Waals surface area contributed by atoms with Crippen molar-refractivity contribution < 1.29 is 4.74 Å². The molecule has 3 aromatic heterocycles. The summed E-state index contributed by atoms with van der Waals surface area (Å²) in [6.07, 6.45) is 4.60. The SMILES string of the molecule is C[C@@H]1COCCN1c1nc(-c2cccc3[nH]ccc23)nc2c(CN3CCC4(CCNC4)C3)csc12. The summed E-state index contributed by atoms with van der Waals surface area (Å²) in [6.45, 7) is 10.2. The highest BCUT2D eigenvalue weighted by atomic mass is 32.1. The summed E-state index contributed by atoms with van der Waals surface area (Å²) in [5.41, 5.74) is 5.13. The molecule has 7 rings (SSSR count). The highest BCUT2D eigenvalue weighted by Crippen LogP contribution is 2.40. The van der Waals surface area contributed by atoms with Gasteiger partial charge in [0.2, 0.25) is 0 Å². The van der Waals surface area contributed by atoms with Gasteiger partial charge in [-0.05, 0) is 55.8 Å². The second-order valence-corrected chi connectivity index (χ2v) is 11.4. The lowest BCUT2D eigenvalue weighted by Crippen LogP contribution is -2.44. The van der Waals surface area contributed by atoms with Gasteiger partial charge in [-0.2, -0.15) is 0 Å². The molecule has 0 bridgehead atoms. The average molecular weight is 489 g/mol. The third kappa shape index (κ3) is 3.74. The number of aromatic amines is 1. The minimum absolute atomic E-state index is 0.289. The highest BCUT2D eigenvalue weighted by Gasteiger charge is 2.40. The maximum absolute atomic E-state index is 5.75. The largest absolute Gasteiger partial charge is 0.377 e. The first-order valence-electron chi connectivity index (χ1n) is 12.8. The van der Waals surface area contributed by atoms with Crippen LogP contribution in [-0.4, -0.2) is 71.8 Å². The van der Waals surface area contributed by atoms with Gasteiger partial charge in [0.15, 0.2) is 11.6 Å². The predicted molar refractivity (Wildman–Crippen MR) is 142 cm³/mol. The quantitative estimate of drug-likeness (QED) is 0.448.